The van der Waals surface area contributed by atoms with Gasteiger partial charge in [0.25, 0.3) is 0 Å². The molecule has 0 aliphatic heterocycles. The fourth-order valence-corrected chi connectivity index (χ4v) is 2.23. The lowest BCUT2D eigenvalue weighted by Gasteiger charge is -2.34. The Morgan fingerprint density at radius 1 is 1.73 bits per heavy atom. The minimum absolute atomic E-state index is 0.285. The van der Waals surface area contributed by atoms with E-state index in [4.69, 9.17) is 5.11 Å². The average Bonchev–Trinajstić information content (AvgIpc) is 2.54. The zero-order valence-electron chi connectivity index (χ0n) is 8.77. The molecule has 0 spiro atoms. The van der Waals surface area contributed by atoms with Crippen molar-refractivity contribution < 1.29 is 15.0 Å². The molecular formula is C10H14N2O3. The van der Waals surface area contributed by atoms with Crippen LogP contribution in [-0.4, -0.2) is 26.0 Å². The van der Waals surface area contributed by atoms with Crippen LogP contribution in [0.5, 0.6) is 0 Å². The van der Waals surface area contributed by atoms with E-state index in [1.807, 2.05) is 0 Å². The molecule has 0 saturated heterocycles. The maximum Gasteiger partial charge on any atom is 0.340 e. The fourth-order valence-electron chi connectivity index (χ4n) is 2.23. The molecule has 0 bridgehead atoms. The SMILES string of the molecule is CC1CCc2c(cnn2C)C1(O)C(=O)O. The second-order valence-corrected chi connectivity index (χ2v) is 4.14. The van der Waals surface area contributed by atoms with Gasteiger partial charge in [-0.3, -0.25) is 4.68 Å². The third kappa shape index (κ3) is 1.19. The Kier molecular flexibility index (Phi) is 2.08. The van der Waals surface area contributed by atoms with Crippen LogP contribution in [0.1, 0.15) is 24.6 Å². The van der Waals surface area contributed by atoms with Crippen LogP contribution < -0.4 is 0 Å². The maximum absolute atomic E-state index is 11.2. The number of carboxylic acids is 1. The summed E-state index contributed by atoms with van der Waals surface area (Å²) >= 11 is 0. The van der Waals surface area contributed by atoms with Gasteiger partial charge in [-0.15, -0.1) is 0 Å². The number of hydrogen-bond acceptors (Lipinski definition) is 3. The number of aliphatic hydroxyl groups is 1. The summed E-state index contributed by atoms with van der Waals surface area (Å²) in [4.78, 5) is 11.2. The average molecular weight is 210 g/mol. The van der Waals surface area contributed by atoms with E-state index in [0.29, 0.717) is 12.0 Å². The topological polar surface area (TPSA) is 75.3 Å². The molecule has 15 heavy (non-hydrogen) atoms. The van der Waals surface area contributed by atoms with Crippen LogP contribution in [0, 0.1) is 5.92 Å². The summed E-state index contributed by atoms with van der Waals surface area (Å²) in [5.41, 5.74) is -0.517. The molecule has 1 heterocycles. The molecule has 0 radical (unpaired) electrons. The quantitative estimate of drug-likeness (QED) is 0.698. The predicted octanol–water partition coefficient (Wildman–Crippen LogP) is 0.275. The van der Waals surface area contributed by atoms with Crippen molar-refractivity contribution in [1.82, 2.24) is 9.78 Å². The Morgan fingerprint density at radius 2 is 2.40 bits per heavy atom. The van der Waals surface area contributed by atoms with E-state index in [9.17, 15) is 9.90 Å². The standard InChI is InChI=1S/C10H14N2O3/c1-6-3-4-8-7(5-11-12(8)2)10(6,15)9(13)14/h5-6,15H,3-4H2,1-2H3,(H,13,14). The third-order valence-corrected chi connectivity index (χ3v) is 3.33. The molecule has 5 heteroatoms. The molecule has 2 unspecified atom stereocenters. The number of aliphatic carboxylic acids is 1. The van der Waals surface area contributed by atoms with E-state index in [-0.39, 0.29) is 5.92 Å². The Hall–Kier alpha value is -1.36. The van der Waals surface area contributed by atoms with Gasteiger partial charge in [-0.05, 0) is 12.8 Å². The van der Waals surface area contributed by atoms with Crippen LogP contribution in [0.15, 0.2) is 6.20 Å². The Balaban J connectivity index is 2.60. The van der Waals surface area contributed by atoms with Crippen molar-refractivity contribution in [1.29, 1.82) is 0 Å². The number of nitrogens with zero attached hydrogens (tertiary/aromatic N) is 2. The molecule has 82 valence electrons. The summed E-state index contributed by atoms with van der Waals surface area (Å²) in [6.45, 7) is 1.75. The highest BCUT2D eigenvalue weighted by Gasteiger charge is 2.48. The van der Waals surface area contributed by atoms with Crippen molar-refractivity contribution >= 4 is 5.97 Å². The molecule has 1 aliphatic carbocycles. The number of aromatic nitrogens is 2. The maximum atomic E-state index is 11.2. The van der Waals surface area contributed by atoms with Gasteiger partial charge in [-0.1, -0.05) is 6.92 Å². The number of fused-ring (bicyclic) bond motifs is 1. The predicted molar refractivity (Wildman–Crippen MR) is 52.2 cm³/mol. The van der Waals surface area contributed by atoms with Crippen LogP contribution in [0.25, 0.3) is 0 Å². The molecular weight excluding hydrogens is 196 g/mol. The molecule has 0 aromatic carbocycles. The molecule has 0 amide bonds. The molecule has 1 aromatic rings. The summed E-state index contributed by atoms with van der Waals surface area (Å²) in [5.74, 6) is -1.48. The van der Waals surface area contributed by atoms with Crippen molar-refractivity contribution in [2.75, 3.05) is 0 Å². The first-order valence-electron chi connectivity index (χ1n) is 4.95. The van der Waals surface area contributed by atoms with Crippen LogP contribution in [-0.2, 0) is 23.9 Å². The van der Waals surface area contributed by atoms with Crippen LogP contribution in [0.4, 0.5) is 0 Å². The van der Waals surface area contributed by atoms with Crippen LogP contribution >= 0.6 is 0 Å². The van der Waals surface area contributed by atoms with E-state index in [2.05, 4.69) is 5.10 Å². The minimum atomic E-state index is -1.78. The second-order valence-electron chi connectivity index (χ2n) is 4.14. The highest BCUT2D eigenvalue weighted by atomic mass is 16.4. The van der Waals surface area contributed by atoms with E-state index in [1.165, 1.54) is 6.20 Å². The Morgan fingerprint density at radius 3 is 3.00 bits per heavy atom. The van der Waals surface area contributed by atoms with Gasteiger partial charge in [0.15, 0.2) is 5.60 Å². The van der Waals surface area contributed by atoms with Gasteiger partial charge in [-0.25, -0.2) is 4.79 Å². The summed E-state index contributed by atoms with van der Waals surface area (Å²) in [6.07, 6.45) is 2.89. The summed E-state index contributed by atoms with van der Waals surface area (Å²) < 4.78 is 1.63. The zero-order valence-corrected chi connectivity index (χ0v) is 8.77. The van der Waals surface area contributed by atoms with Crippen molar-refractivity contribution in [2.45, 2.75) is 25.4 Å². The fraction of sp³-hybridized carbons (Fsp3) is 0.600. The first kappa shape index (κ1) is 10.2. The van der Waals surface area contributed by atoms with Crippen molar-refractivity contribution in [2.24, 2.45) is 13.0 Å². The van der Waals surface area contributed by atoms with E-state index in [1.54, 1.807) is 18.7 Å². The number of hydrogen-bond donors (Lipinski definition) is 2. The number of carbonyl (C=O) groups is 1. The van der Waals surface area contributed by atoms with Gasteiger partial charge in [0.05, 0.1) is 6.20 Å². The van der Waals surface area contributed by atoms with Gasteiger partial charge < -0.3 is 10.2 Å². The van der Waals surface area contributed by atoms with Crippen molar-refractivity contribution in [3.05, 3.63) is 17.5 Å². The lowest BCUT2D eigenvalue weighted by molar-refractivity contribution is -0.167. The van der Waals surface area contributed by atoms with Gasteiger partial charge >= 0.3 is 5.97 Å². The first-order valence-corrected chi connectivity index (χ1v) is 4.95. The van der Waals surface area contributed by atoms with E-state index in [0.717, 1.165) is 12.1 Å². The Labute approximate surface area is 87.3 Å². The summed E-state index contributed by atoms with van der Waals surface area (Å²) in [5, 5.41) is 23.4. The molecule has 1 aromatic heterocycles. The lowest BCUT2D eigenvalue weighted by atomic mass is 9.75. The van der Waals surface area contributed by atoms with Crippen LogP contribution in [0.3, 0.4) is 0 Å². The highest BCUT2D eigenvalue weighted by molar-refractivity contribution is 5.80. The molecule has 2 rings (SSSR count). The van der Waals surface area contributed by atoms with Gasteiger partial charge in [0.1, 0.15) is 0 Å². The van der Waals surface area contributed by atoms with E-state index < -0.39 is 11.6 Å². The number of rotatable bonds is 1. The first-order chi connectivity index (χ1) is 6.98. The summed E-state index contributed by atoms with van der Waals surface area (Å²) in [6, 6.07) is 0. The normalized spacial score (nSPS) is 29.9. The molecule has 5 nitrogen and oxygen atoms in total. The molecule has 1 aliphatic rings. The minimum Gasteiger partial charge on any atom is -0.479 e. The second kappa shape index (κ2) is 3.06. The van der Waals surface area contributed by atoms with Crippen LogP contribution in [0.2, 0.25) is 0 Å². The van der Waals surface area contributed by atoms with E-state index >= 15 is 0 Å². The largest absolute Gasteiger partial charge is 0.479 e. The van der Waals surface area contributed by atoms with Gasteiger partial charge in [-0.2, -0.15) is 5.10 Å². The smallest absolute Gasteiger partial charge is 0.340 e. The molecule has 2 N–H and O–H groups in total. The summed E-state index contributed by atoms with van der Waals surface area (Å²) in [7, 11) is 1.76. The highest BCUT2D eigenvalue weighted by Crippen LogP contribution is 2.39. The Bertz CT molecular complexity index is 413. The van der Waals surface area contributed by atoms with Gasteiger partial charge in [0.2, 0.25) is 0 Å². The van der Waals surface area contributed by atoms with Gasteiger partial charge in [0, 0.05) is 24.2 Å². The monoisotopic (exact) mass is 210 g/mol. The zero-order chi connectivity index (χ0) is 11.2. The number of carboxylic acid groups (broad SMARTS) is 1. The van der Waals surface area contributed by atoms with Crippen molar-refractivity contribution in [3.8, 4) is 0 Å². The molecule has 0 fully saturated rings. The lowest BCUT2D eigenvalue weighted by Crippen LogP contribution is -2.45. The molecule has 2 atom stereocenters. The number of aryl methyl sites for hydroxylation is 1. The third-order valence-electron chi connectivity index (χ3n) is 3.33. The van der Waals surface area contributed by atoms with Crippen molar-refractivity contribution in [3.63, 3.8) is 0 Å². The molecule has 0 saturated carbocycles.